The number of methoxy groups -OCH3 is 1. The Bertz CT molecular complexity index is 564. The summed E-state index contributed by atoms with van der Waals surface area (Å²) in [6.07, 6.45) is -2.15. The molecular formula is C11H16N2O5S. The smallest absolute Gasteiger partial charge is 0.246 e. The Hall–Kier alpha value is -1.35. The number of nitrogens with two attached hydrogens (primary N) is 1. The zero-order valence-electron chi connectivity index (χ0n) is 10.4. The van der Waals surface area contributed by atoms with E-state index in [1.165, 1.54) is 25.3 Å². The van der Waals surface area contributed by atoms with Crippen LogP contribution < -0.4 is 10.5 Å². The first kappa shape index (κ1) is 14.1. The molecular weight excluding hydrogens is 272 g/mol. The second kappa shape index (κ2) is 4.97. The van der Waals surface area contributed by atoms with E-state index < -0.39 is 22.2 Å². The number of hydrogen-bond donors (Lipinski definition) is 3. The second-order valence-corrected chi connectivity index (χ2v) is 6.27. The fourth-order valence-corrected chi connectivity index (χ4v) is 3.58. The number of aliphatic hydroxyl groups excluding tert-OH is 2. The van der Waals surface area contributed by atoms with Crippen LogP contribution in [0, 0.1) is 0 Å². The van der Waals surface area contributed by atoms with Crippen LogP contribution in [0.2, 0.25) is 0 Å². The summed E-state index contributed by atoms with van der Waals surface area (Å²) in [5.74, 6) is 0.135. The van der Waals surface area contributed by atoms with Crippen LogP contribution in [-0.2, 0) is 10.0 Å². The molecule has 0 radical (unpaired) electrons. The Labute approximate surface area is 111 Å². The van der Waals surface area contributed by atoms with Crippen LogP contribution in [0.5, 0.6) is 5.75 Å². The standard InChI is InChI=1S/C11H16N2O5S/c1-18-10-4-7(12)2-3-11(10)19(16,17)13-5-8(14)9(15)6-13/h2-4,8-9,14-15H,5-6,12H2,1H3/t8-,9+. The van der Waals surface area contributed by atoms with Gasteiger partial charge in [0.25, 0.3) is 0 Å². The molecule has 2 rings (SSSR count). The van der Waals surface area contributed by atoms with Gasteiger partial charge in [0.1, 0.15) is 10.6 Å². The van der Waals surface area contributed by atoms with Crippen molar-refractivity contribution in [3.05, 3.63) is 18.2 Å². The summed E-state index contributed by atoms with van der Waals surface area (Å²) in [6, 6.07) is 4.22. The third-order valence-corrected chi connectivity index (χ3v) is 4.90. The molecule has 1 aliphatic rings. The molecule has 1 aromatic carbocycles. The summed E-state index contributed by atoms with van der Waals surface area (Å²) in [7, 11) is -2.48. The predicted molar refractivity (Wildman–Crippen MR) is 68.2 cm³/mol. The van der Waals surface area contributed by atoms with Crippen LogP contribution in [0.4, 0.5) is 5.69 Å². The molecule has 1 aromatic rings. The van der Waals surface area contributed by atoms with Crippen molar-refractivity contribution in [1.29, 1.82) is 0 Å². The third-order valence-electron chi connectivity index (χ3n) is 3.03. The molecule has 0 bridgehead atoms. The minimum absolute atomic E-state index is 0.0366. The van der Waals surface area contributed by atoms with E-state index in [0.29, 0.717) is 5.69 Å². The lowest BCUT2D eigenvalue weighted by molar-refractivity contribution is 0.0572. The largest absolute Gasteiger partial charge is 0.495 e. The molecule has 0 amide bonds. The van der Waals surface area contributed by atoms with Crippen molar-refractivity contribution in [2.75, 3.05) is 25.9 Å². The highest BCUT2D eigenvalue weighted by Gasteiger charge is 2.38. The van der Waals surface area contributed by atoms with Crippen LogP contribution in [0.3, 0.4) is 0 Å². The van der Waals surface area contributed by atoms with Gasteiger partial charge < -0.3 is 20.7 Å². The molecule has 0 unspecified atom stereocenters. The van der Waals surface area contributed by atoms with Gasteiger partial charge in [-0.2, -0.15) is 4.31 Å². The van der Waals surface area contributed by atoms with Gasteiger partial charge in [-0.05, 0) is 12.1 Å². The van der Waals surface area contributed by atoms with Crippen LogP contribution in [0.25, 0.3) is 0 Å². The molecule has 0 spiro atoms. The molecule has 7 nitrogen and oxygen atoms in total. The fraction of sp³-hybridized carbons (Fsp3) is 0.455. The van der Waals surface area contributed by atoms with Gasteiger partial charge in [-0.1, -0.05) is 0 Å². The van der Waals surface area contributed by atoms with Crippen molar-refractivity contribution in [2.24, 2.45) is 0 Å². The summed E-state index contributed by atoms with van der Waals surface area (Å²) in [5, 5.41) is 18.9. The predicted octanol–water partition coefficient (Wildman–Crippen LogP) is -0.996. The van der Waals surface area contributed by atoms with Crippen molar-refractivity contribution in [3.63, 3.8) is 0 Å². The molecule has 1 heterocycles. The van der Waals surface area contributed by atoms with E-state index in [0.717, 1.165) is 4.31 Å². The molecule has 1 aliphatic heterocycles. The van der Waals surface area contributed by atoms with E-state index in [-0.39, 0.29) is 23.7 Å². The number of ether oxygens (including phenoxy) is 1. The highest BCUT2D eigenvalue weighted by molar-refractivity contribution is 7.89. The number of aliphatic hydroxyl groups is 2. The SMILES string of the molecule is COc1cc(N)ccc1S(=O)(=O)N1C[C@@H](O)[C@@H](O)C1. The maximum absolute atomic E-state index is 12.4. The molecule has 1 fully saturated rings. The molecule has 2 atom stereocenters. The van der Waals surface area contributed by atoms with Crippen LogP contribution in [-0.4, -0.2) is 55.3 Å². The zero-order valence-corrected chi connectivity index (χ0v) is 11.2. The van der Waals surface area contributed by atoms with Crippen LogP contribution >= 0.6 is 0 Å². The highest BCUT2D eigenvalue weighted by atomic mass is 32.2. The summed E-state index contributed by atoms with van der Waals surface area (Å²) in [4.78, 5) is -0.0366. The Morgan fingerprint density at radius 1 is 1.32 bits per heavy atom. The topological polar surface area (TPSA) is 113 Å². The first-order valence-electron chi connectivity index (χ1n) is 5.66. The number of nitrogen functional groups attached to an aromatic ring is 1. The van der Waals surface area contributed by atoms with E-state index in [1.807, 2.05) is 0 Å². The fourth-order valence-electron chi connectivity index (χ4n) is 1.97. The number of β-amino-alcohol motifs (C(OH)–C–C–N with tert-alkyl or cyclic N) is 2. The van der Waals surface area contributed by atoms with Crippen LogP contribution in [0.1, 0.15) is 0 Å². The zero-order chi connectivity index (χ0) is 14.2. The third kappa shape index (κ3) is 2.52. The maximum atomic E-state index is 12.4. The molecule has 0 aromatic heterocycles. The van der Waals surface area contributed by atoms with E-state index in [4.69, 9.17) is 10.5 Å². The number of anilines is 1. The minimum atomic E-state index is -3.83. The number of hydrogen-bond acceptors (Lipinski definition) is 6. The average Bonchev–Trinajstić information content (AvgIpc) is 2.70. The Morgan fingerprint density at radius 3 is 2.42 bits per heavy atom. The summed E-state index contributed by atoms with van der Waals surface area (Å²) < 4.78 is 30.8. The Morgan fingerprint density at radius 2 is 1.89 bits per heavy atom. The molecule has 1 saturated heterocycles. The summed E-state index contributed by atoms with van der Waals surface area (Å²) in [5.41, 5.74) is 5.96. The first-order valence-corrected chi connectivity index (χ1v) is 7.10. The Balaban J connectivity index is 2.40. The molecule has 0 saturated carbocycles. The van der Waals surface area contributed by atoms with Crippen molar-refractivity contribution in [2.45, 2.75) is 17.1 Å². The lowest BCUT2D eigenvalue weighted by Gasteiger charge is -2.17. The molecule has 4 N–H and O–H groups in total. The van der Waals surface area contributed by atoms with E-state index in [9.17, 15) is 18.6 Å². The minimum Gasteiger partial charge on any atom is -0.495 e. The molecule has 19 heavy (non-hydrogen) atoms. The van der Waals surface area contributed by atoms with Gasteiger partial charge >= 0.3 is 0 Å². The lowest BCUT2D eigenvalue weighted by atomic mass is 10.3. The number of benzene rings is 1. The lowest BCUT2D eigenvalue weighted by Crippen LogP contribution is -2.30. The second-order valence-electron chi connectivity index (χ2n) is 4.37. The number of rotatable bonds is 3. The van der Waals surface area contributed by atoms with Gasteiger partial charge in [0.05, 0.1) is 19.3 Å². The van der Waals surface area contributed by atoms with Crippen molar-refractivity contribution < 1.29 is 23.4 Å². The highest BCUT2D eigenvalue weighted by Crippen LogP contribution is 2.30. The van der Waals surface area contributed by atoms with E-state index >= 15 is 0 Å². The summed E-state index contributed by atoms with van der Waals surface area (Å²) in [6.45, 7) is -0.284. The van der Waals surface area contributed by atoms with E-state index in [1.54, 1.807) is 0 Å². The monoisotopic (exact) mass is 288 g/mol. The van der Waals surface area contributed by atoms with Crippen molar-refractivity contribution in [1.82, 2.24) is 4.31 Å². The molecule has 8 heteroatoms. The van der Waals surface area contributed by atoms with Gasteiger partial charge in [0.15, 0.2) is 0 Å². The van der Waals surface area contributed by atoms with Gasteiger partial charge in [0.2, 0.25) is 10.0 Å². The van der Waals surface area contributed by atoms with Gasteiger partial charge in [-0.15, -0.1) is 0 Å². The average molecular weight is 288 g/mol. The Kier molecular flexibility index (Phi) is 3.68. The van der Waals surface area contributed by atoms with Gasteiger partial charge in [-0.3, -0.25) is 0 Å². The molecule has 106 valence electrons. The first-order chi connectivity index (χ1) is 8.86. The summed E-state index contributed by atoms with van der Waals surface area (Å²) >= 11 is 0. The normalized spacial score (nSPS) is 24.6. The molecule has 0 aliphatic carbocycles. The van der Waals surface area contributed by atoms with Crippen LogP contribution in [0.15, 0.2) is 23.1 Å². The van der Waals surface area contributed by atoms with Crippen molar-refractivity contribution >= 4 is 15.7 Å². The van der Waals surface area contributed by atoms with Crippen molar-refractivity contribution in [3.8, 4) is 5.75 Å². The van der Waals surface area contributed by atoms with Gasteiger partial charge in [-0.25, -0.2) is 8.42 Å². The maximum Gasteiger partial charge on any atom is 0.246 e. The van der Waals surface area contributed by atoms with Gasteiger partial charge in [0, 0.05) is 24.8 Å². The quantitative estimate of drug-likeness (QED) is 0.615. The number of sulfonamides is 1. The van der Waals surface area contributed by atoms with E-state index in [2.05, 4.69) is 0 Å². The number of nitrogens with zero attached hydrogens (tertiary/aromatic N) is 1.